The van der Waals surface area contributed by atoms with Crippen molar-refractivity contribution in [3.63, 3.8) is 0 Å². The Hall–Kier alpha value is -0.170. The minimum atomic E-state index is 0.206. The number of nitrogens with two attached hydrogens (primary N) is 1. The number of likely N-dealkylation sites (N-methyl/N-ethyl adjacent to an activating group) is 1. The van der Waals surface area contributed by atoms with Gasteiger partial charge in [-0.25, -0.2) is 0 Å². The second-order valence-corrected chi connectivity index (χ2v) is 7.00. The molecule has 0 bridgehead atoms. The predicted octanol–water partition coefficient (Wildman–Crippen LogP) is 2.54. The molecule has 0 radical (unpaired) electrons. The zero-order valence-corrected chi connectivity index (χ0v) is 14.0. The molecule has 0 aliphatic heterocycles. The Bertz CT molecular complexity index is 396. The van der Waals surface area contributed by atoms with Crippen LogP contribution < -0.4 is 11.3 Å². The quantitative estimate of drug-likeness (QED) is 0.474. The maximum absolute atomic E-state index is 5.88. The van der Waals surface area contributed by atoms with Gasteiger partial charge in [-0.15, -0.1) is 0 Å². The van der Waals surface area contributed by atoms with Gasteiger partial charge in [0.2, 0.25) is 0 Å². The van der Waals surface area contributed by atoms with E-state index >= 15 is 0 Å². The van der Waals surface area contributed by atoms with Crippen LogP contribution in [0.4, 0.5) is 0 Å². The van der Waals surface area contributed by atoms with Crippen LogP contribution in [0.15, 0.2) is 24.3 Å². The van der Waals surface area contributed by atoms with Gasteiger partial charge in [0.1, 0.15) is 0 Å². The third kappa shape index (κ3) is 3.29. The summed E-state index contributed by atoms with van der Waals surface area (Å²) in [6, 6.07) is 9.07. The van der Waals surface area contributed by atoms with E-state index in [9.17, 15) is 0 Å². The zero-order valence-electron chi connectivity index (χ0n) is 11.8. The van der Waals surface area contributed by atoms with Crippen LogP contribution in [0.25, 0.3) is 0 Å². The third-order valence-corrected chi connectivity index (χ3v) is 5.28. The molecule has 1 aromatic rings. The molecule has 3 N–H and O–H groups in total. The molecule has 106 valence electrons. The van der Waals surface area contributed by atoms with Gasteiger partial charge in [-0.2, -0.15) is 0 Å². The van der Waals surface area contributed by atoms with Gasteiger partial charge in [0, 0.05) is 15.2 Å². The lowest BCUT2D eigenvalue weighted by Gasteiger charge is -2.43. The summed E-state index contributed by atoms with van der Waals surface area (Å²) in [5, 5.41) is 0. The summed E-state index contributed by atoms with van der Waals surface area (Å²) in [6.07, 6.45) is 6.08. The van der Waals surface area contributed by atoms with Crippen molar-refractivity contribution in [3.8, 4) is 0 Å². The van der Waals surface area contributed by atoms with Crippen molar-refractivity contribution in [2.75, 3.05) is 14.1 Å². The summed E-state index contributed by atoms with van der Waals surface area (Å²) in [5.41, 5.74) is 4.65. The first-order valence-electron chi connectivity index (χ1n) is 6.96. The van der Waals surface area contributed by atoms with Crippen LogP contribution in [0.3, 0.4) is 0 Å². The van der Waals surface area contributed by atoms with E-state index < -0.39 is 0 Å². The number of nitrogens with zero attached hydrogens (tertiary/aromatic N) is 1. The standard InChI is InChI=1S/C15H24IN3/c1-19(2)15(9-3-4-10-15)14(18-17)11-12-5-7-13(16)8-6-12/h5-8,14,18H,3-4,9-11,17H2,1-2H3. The Kier molecular flexibility index (Phi) is 5.22. The molecule has 0 amide bonds. The highest BCUT2D eigenvalue weighted by Gasteiger charge is 2.42. The number of nitrogens with one attached hydrogen (secondary N) is 1. The number of hydrazine groups is 1. The van der Waals surface area contributed by atoms with Gasteiger partial charge in [0.25, 0.3) is 0 Å². The molecular formula is C15H24IN3. The van der Waals surface area contributed by atoms with Crippen molar-refractivity contribution < 1.29 is 0 Å². The molecule has 0 saturated heterocycles. The second-order valence-electron chi connectivity index (χ2n) is 5.75. The van der Waals surface area contributed by atoms with Crippen LogP contribution in [0, 0.1) is 3.57 Å². The average Bonchev–Trinajstić information content (AvgIpc) is 2.88. The Balaban J connectivity index is 2.16. The van der Waals surface area contributed by atoms with Gasteiger partial charge in [-0.1, -0.05) is 25.0 Å². The van der Waals surface area contributed by atoms with Gasteiger partial charge in [-0.05, 0) is 73.6 Å². The Labute approximate surface area is 130 Å². The summed E-state index contributed by atoms with van der Waals surface area (Å²) in [5.74, 6) is 5.88. The number of benzene rings is 1. The monoisotopic (exact) mass is 373 g/mol. The molecule has 1 aliphatic carbocycles. The van der Waals surface area contributed by atoms with Crippen LogP contribution >= 0.6 is 22.6 Å². The van der Waals surface area contributed by atoms with Crippen molar-refractivity contribution in [2.45, 2.75) is 43.7 Å². The summed E-state index contributed by atoms with van der Waals surface area (Å²) < 4.78 is 1.28. The zero-order chi connectivity index (χ0) is 13.9. The smallest absolute Gasteiger partial charge is 0.0434 e. The number of halogens is 1. The Morgan fingerprint density at radius 1 is 1.26 bits per heavy atom. The molecule has 1 atom stereocenters. The second kappa shape index (κ2) is 6.52. The fraction of sp³-hybridized carbons (Fsp3) is 0.600. The van der Waals surface area contributed by atoms with Crippen LogP contribution in [0.5, 0.6) is 0 Å². The van der Waals surface area contributed by atoms with Gasteiger partial charge in [0.15, 0.2) is 0 Å². The fourth-order valence-electron chi connectivity index (χ4n) is 3.35. The summed E-state index contributed by atoms with van der Waals surface area (Å²) in [6.45, 7) is 0. The normalized spacial score (nSPS) is 19.8. The number of rotatable bonds is 5. The molecule has 1 saturated carbocycles. The molecular weight excluding hydrogens is 349 g/mol. The van der Waals surface area contributed by atoms with Crippen molar-refractivity contribution in [1.29, 1.82) is 0 Å². The van der Waals surface area contributed by atoms with Crippen molar-refractivity contribution >= 4 is 22.6 Å². The minimum Gasteiger partial charge on any atom is -0.302 e. The lowest BCUT2D eigenvalue weighted by Crippen LogP contribution is -2.60. The van der Waals surface area contributed by atoms with Crippen molar-refractivity contribution in [3.05, 3.63) is 33.4 Å². The number of hydrogen-bond acceptors (Lipinski definition) is 3. The molecule has 19 heavy (non-hydrogen) atoms. The molecule has 1 aromatic carbocycles. The van der Waals surface area contributed by atoms with Gasteiger partial charge in [0.05, 0.1) is 0 Å². The molecule has 0 aromatic heterocycles. The molecule has 2 rings (SSSR count). The Morgan fingerprint density at radius 3 is 2.32 bits per heavy atom. The highest BCUT2D eigenvalue weighted by Crippen LogP contribution is 2.37. The summed E-state index contributed by atoms with van der Waals surface area (Å²) >= 11 is 2.34. The molecule has 4 heteroatoms. The lowest BCUT2D eigenvalue weighted by atomic mass is 9.83. The molecule has 1 fully saturated rings. The SMILES string of the molecule is CN(C)C1(C(Cc2ccc(I)cc2)NN)CCCC1. The van der Waals surface area contributed by atoms with Gasteiger partial charge in [-0.3, -0.25) is 11.3 Å². The van der Waals surface area contributed by atoms with E-state index in [1.54, 1.807) is 0 Å². The average molecular weight is 373 g/mol. The first kappa shape index (κ1) is 15.2. The third-order valence-electron chi connectivity index (χ3n) is 4.56. The van der Waals surface area contributed by atoms with E-state index in [0.717, 1.165) is 6.42 Å². The van der Waals surface area contributed by atoms with Gasteiger partial charge < -0.3 is 4.90 Å². The van der Waals surface area contributed by atoms with Crippen LogP contribution in [-0.2, 0) is 6.42 Å². The van der Waals surface area contributed by atoms with E-state index in [1.165, 1.54) is 34.8 Å². The first-order chi connectivity index (χ1) is 9.08. The fourth-order valence-corrected chi connectivity index (χ4v) is 3.71. The molecule has 1 aliphatic rings. The van der Waals surface area contributed by atoms with E-state index in [2.05, 4.69) is 71.3 Å². The first-order valence-corrected chi connectivity index (χ1v) is 8.04. The summed E-state index contributed by atoms with van der Waals surface area (Å²) in [4.78, 5) is 2.37. The topological polar surface area (TPSA) is 41.3 Å². The van der Waals surface area contributed by atoms with E-state index in [-0.39, 0.29) is 5.54 Å². The van der Waals surface area contributed by atoms with Crippen molar-refractivity contribution in [1.82, 2.24) is 10.3 Å². The molecule has 1 unspecified atom stereocenters. The minimum absolute atomic E-state index is 0.206. The molecule has 0 spiro atoms. The molecule has 3 nitrogen and oxygen atoms in total. The van der Waals surface area contributed by atoms with Crippen LogP contribution in [-0.4, -0.2) is 30.6 Å². The number of hydrogen-bond donors (Lipinski definition) is 2. The maximum atomic E-state index is 5.88. The highest BCUT2D eigenvalue weighted by atomic mass is 127. The highest BCUT2D eigenvalue weighted by molar-refractivity contribution is 14.1. The predicted molar refractivity (Wildman–Crippen MR) is 88.9 cm³/mol. The van der Waals surface area contributed by atoms with Crippen molar-refractivity contribution in [2.24, 2.45) is 5.84 Å². The maximum Gasteiger partial charge on any atom is 0.0434 e. The van der Waals surface area contributed by atoms with E-state index in [1.807, 2.05) is 0 Å². The summed E-state index contributed by atoms with van der Waals surface area (Å²) in [7, 11) is 4.37. The van der Waals surface area contributed by atoms with E-state index in [4.69, 9.17) is 5.84 Å². The Morgan fingerprint density at radius 2 is 1.84 bits per heavy atom. The molecule has 0 heterocycles. The lowest BCUT2D eigenvalue weighted by molar-refractivity contribution is 0.104. The van der Waals surface area contributed by atoms with Crippen LogP contribution in [0.2, 0.25) is 0 Å². The largest absolute Gasteiger partial charge is 0.302 e. The van der Waals surface area contributed by atoms with Gasteiger partial charge >= 0.3 is 0 Å². The van der Waals surface area contributed by atoms with E-state index in [0.29, 0.717) is 6.04 Å². The van der Waals surface area contributed by atoms with Crippen LogP contribution in [0.1, 0.15) is 31.2 Å².